The summed E-state index contributed by atoms with van der Waals surface area (Å²) in [5.41, 5.74) is 0.769. The maximum absolute atomic E-state index is 10.3. The molecule has 0 aliphatic heterocycles. The molecule has 15 heavy (non-hydrogen) atoms. The average Bonchev–Trinajstić information content (AvgIpc) is 2.20. The molecule has 1 aromatic rings. The standard InChI is InChI=1S/C9H13N3O3/c1-6-8(10-4-3-7(13)14)11-5-12-9(6)15-2/h5H,3-4H2,1-2H3,(H,13,14)(H,10,11,12). The van der Waals surface area contributed by atoms with Gasteiger partial charge in [-0.25, -0.2) is 9.97 Å². The molecule has 6 nitrogen and oxygen atoms in total. The Morgan fingerprint density at radius 3 is 2.93 bits per heavy atom. The van der Waals surface area contributed by atoms with Crippen LogP contribution in [-0.2, 0) is 4.79 Å². The van der Waals surface area contributed by atoms with E-state index in [0.717, 1.165) is 5.56 Å². The number of carboxylic acid groups (broad SMARTS) is 1. The minimum atomic E-state index is -0.846. The quantitative estimate of drug-likeness (QED) is 0.745. The monoisotopic (exact) mass is 211 g/mol. The highest BCUT2D eigenvalue weighted by molar-refractivity contribution is 5.67. The number of carbonyl (C=O) groups is 1. The zero-order valence-corrected chi connectivity index (χ0v) is 8.65. The highest BCUT2D eigenvalue weighted by atomic mass is 16.5. The Kier molecular flexibility index (Phi) is 3.84. The van der Waals surface area contributed by atoms with Crippen LogP contribution in [0, 0.1) is 6.92 Å². The molecule has 2 N–H and O–H groups in total. The van der Waals surface area contributed by atoms with Crippen molar-refractivity contribution in [3.8, 4) is 5.88 Å². The predicted molar refractivity (Wildman–Crippen MR) is 54.1 cm³/mol. The van der Waals surface area contributed by atoms with E-state index in [1.807, 2.05) is 6.92 Å². The van der Waals surface area contributed by atoms with E-state index in [-0.39, 0.29) is 6.42 Å². The van der Waals surface area contributed by atoms with E-state index >= 15 is 0 Å². The first-order valence-electron chi connectivity index (χ1n) is 4.46. The fourth-order valence-electron chi connectivity index (χ4n) is 1.11. The van der Waals surface area contributed by atoms with Crippen molar-refractivity contribution in [3.63, 3.8) is 0 Å². The first-order valence-corrected chi connectivity index (χ1v) is 4.46. The van der Waals surface area contributed by atoms with Gasteiger partial charge in [-0.1, -0.05) is 0 Å². The molecule has 0 saturated heterocycles. The van der Waals surface area contributed by atoms with E-state index in [1.54, 1.807) is 0 Å². The number of nitrogens with one attached hydrogen (secondary N) is 1. The molecule has 1 aromatic heterocycles. The highest BCUT2D eigenvalue weighted by Gasteiger charge is 2.06. The van der Waals surface area contributed by atoms with Crippen LogP contribution in [0.15, 0.2) is 6.33 Å². The SMILES string of the molecule is COc1ncnc(NCCC(=O)O)c1C. The maximum Gasteiger partial charge on any atom is 0.305 e. The van der Waals surface area contributed by atoms with Gasteiger partial charge in [0.1, 0.15) is 12.1 Å². The highest BCUT2D eigenvalue weighted by Crippen LogP contribution is 2.19. The molecule has 0 spiro atoms. The number of methoxy groups -OCH3 is 1. The smallest absolute Gasteiger partial charge is 0.305 e. The van der Waals surface area contributed by atoms with Crippen molar-refractivity contribution in [2.45, 2.75) is 13.3 Å². The number of rotatable bonds is 5. The Labute approximate surface area is 87.3 Å². The van der Waals surface area contributed by atoms with E-state index in [0.29, 0.717) is 18.2 Å². The minimum absolute atomic E-state index is 0.0474. The summed E-state index contributed by atoms with van der Waals surface area (Å²) in [6.45, 7) is 2.14. The zero-order chi connectivity index (χ0) is 11.3. The van der Waals surface area contributed by atoms with Crippen molar-refractivity contribution in [2.24, 2.45) is 0 Å². The van der Waals surface area contributed by atoms with Crippen molar-refractivity contribution in [1.29, 1.82) is 0 Å². The van der Waals surface area contributed by atoms with Crippen LogP contribution in [0.4, 0.5) is 5.82 Å². The van der Waals surface area contributed by atoms with Gasteiger partial charge in [0.05, 0.1) is 19.1 Å². The molecule has 0 aliphatic carbocycles. The fraction of sp³-hybridized carbons (Fsp3) is 0.444. The van der Waals surface area contributed by atoms with Gasteiger partial charge >= 0.3 is 5.97 Å². The number of anilines is 1. The second-order valence-electron chi connectivity index (χ2n) is 2.93. The summed E-state index contributed by atoms with van der Waals surface area (Å²) in [5, 5.41) is 11.4. The lowest BCUT2D eigenvalue weighted by Crippen LogP contribution is -2.10. The number of carboxylic acids is 1. The average molecular weight is 211 g/mol. The Hall–Kier alpha value is -1.85. The van der Waals surface area contributed by atoms with E-state index in [4.69, 9.17) is 9.84 Å². The Bertz CT molecular complexity index is 354. The lowest BCUT2D eigenvalue weighted by Gasteiger charge is -2.09. The van der Waals surface area contributed by atoms with Crippen LogP contribution in [0.25, 0.3) is 0 Å². The van der Waals surface area contributed by atoms with Gasteiger partial charge in [-0.05, 0) is 6.92 Å². The third kappa shape index (κ3) is 3.08. The van der Waals surface area contributed by atoms with Crippen molar-refractivity contribution in [2.75, 3.05) is 19.0 Å². The van der Waals surface area contributed by atoms with Crippen LogP contribution < -0.4 is 10.1 Å². The number of nitrogens with zero attached hydrogens (tertiary/aromatic N) is 2. The molecule has 6 heteroatoms. The van der Waals surface area contributed by atoms with E-state index in [9.17, 15) is 4.79 Å². The Balaban J connectivity index is 2.64. The van der Waals surface area contributed by atoms with Gasteiger partial charge < -0.3 is 15.2 Å². The molecule has 1 rings (SSSR count). The van der Waals surface area contributed by atoms with Crippen LogP contribution >= 0.6 is 0 Å². The number of hydrogen-bond acceptors (Lipinski definition) is 5. The lowest BCUT2D eigenvalue weighted by atomic mass is 10.3. The number of hydrogen-bond donors (Lipinski definition) is 2. The molecule has 0 amide bonds. The van der Waals surface area contributed by atoms with Gasteiger partial charge in [0, 0.05) is 6.54 Å². The van der Waals surface area contributed by atoms with Crippen molar-refractivity contribution >= 4 is 11.8 Å². The minimum Gasteiger partial charge on any atom is -0.481 e. The second kappa shape index (κ2) is 5.14. The molecule has 0 radical (unpaired) electrons. The van der Waals surface area contributed by atoms with Crippen LogP contribution in [0.1, 0.15) is 12.0 Å². The molecule has 0 saturated carbocycles. The van der Waals surface area contributed by atoms with Crippen LogP contribution in [0.3, 0.4) is 0 Å². The van der Waals surface area contributed by atoms with E-state index < -0.39 is 5.97 Å². The molecule has 1 heterocycles. The number of aliphatic carboxylic acids is 1. The molecule has 0 bridgehead atoms. The molecular formula is C9H13N3O3. The topological polar surface area (TPSA) is 84.3 Å². The molecular weight excluding hydrogens is 198 g/mol. The predicted octanol–water partition coefficient (Wildman–Crippen LogP) is 0.680. The first-order chi connectivity index (χ1) is 7.15. The summed E-state index contributed by atoms with van der Waals surface area (Å²) >= 11 is 0. The molecule has 0 fully saturated rings. The summed E-state index contributed by atoms with van der Waals surface area (Å²) in [5.74, 6) is 0.243. The molecule has 0 aliphatic rings. The van der Waals surface area contributed by atoms with Crippen LogP contribution in [0.2, 0.25) is 0 Å². The molecule has 82 valence electrons. The second-order valence-corrected chi connectivity index (χ2v) is 2.93. The maximum atomic E-state index is 10.3. The fourth-order valence-corrected chi connectivity index (χ4v) is 1.11. The third-order valence-corrected chi connectivity index (χ3v) is 1.86. The Morgan fingerprint density at radius 1 is 1.60 bits per heavy atom. The molecule has 0 aromatic carbocycles. The summed E-state index contributed by atoms with van der Waals surface area (Å²) in [6, 6.07) is 0. The molecule has 0 unspecified atom stereocenters. The summed E-state index contributed by atoms with van der Waals surface area (Å²) < 4.78 is 5.01. The molecule has 0 atom stereocenters. The van der Waals surface area contributed by atoms with Crippen molar-refractivity contribution in [1.82, 2.24) is 9.97 Å². The third-order valence-electron chi connectivity index (χ3n) is 1.86. The van der Waals surface area contributed by atoms with Crippen molar-refractivity contribution in [3.05, 3.63) is 11.9 Å². The van der Waals surface area contributed by atoms with Gasteiger partial charge in [0.2, 0.25) is 5.88 Å². The van der Waals surface area contributed by atoms with Gasteiger partial charge in [-0.2, -0.15) is 0 Å². The lowest BCUT2D eigenvalue weighted by molar-refractivity contribution is -0.136. The first kappa shape index (κ1) is 11.2. The van der Waals surface area contributed by atoms with Crippen LogP contribution in [-0.4, -0.2) is 34.7 Å². The van der Waals surface area contributed by atoms with E-state index in [2.05, 4.69) is 15.3 Å². The summed E-state index contributed by atoms with van der Waals surface area (Å²) in [6.07, 6.45) is 1.42. The summed E-state index contributed by atoms with van der Waals surface area (Å²) in [4.78, 5) is 18.2. The largest absolute Gasteiger partial charge is 0.481 e. The zero-order valence-electron chi connectivity index (χ0n) is 8.65. The van der Waals surface area contributed by atoms with Gasteiger partial charge in [-0.3, -0.25) is 4.79 Å². The normalized spacial score (nSPS) is 9.73. The number of aromatic nitrogens is 2. The van der Waals surface area contributed by atoms with Crippen molar-refractivity contribution < 1.29 is 14.6 Å². The Morgan fingerprint density at radius 2 is 2.33 bits per heavy atom. The van der Waals surface area contributed by atoms with Crippen LogP contribution in [0.5, 0.6) is 5.88 Å². The van der Waals surface area contributed by atoms with Gasteiger partial charge in [-0.15, -0.1) is 0 Å². The van der Waals surface area contributed by atoms with Gasteiger partial charge in [0.15, 0.2) is 0 Å². The van der Waals surface area contributed by atoms with E-state index in [1.165, 1.54) is 13.4 Å². The number of ether oxygens (including phenoxy) is 1. The summed E-state index contributed by atoms with van der Waals surface area (Å²) in [7, 11) is 1.52. The van der Waals surface area contributed by atoms with Gasteiger partial charge in [0.25, 0.3) is 0 Å².